The molecule has 1 fully saturated rings. The molecule has 0 radical (unpaired) electrons. The molecular weight excluding hydrogens is 335 g/mol. The Labute approximate surface area is 134 Å². The lowest BCUT2D eigenvalue weighted by molar-refractivity contribution is 0.0921. The van der Waals surface area contributed by atoms with Crippen LogP contribution < -0.4 is 5.32 Å². The minimum Gasteiger partial charge on any atom is -0.348 e. The third-order valence-electron chi connectivity index (χ3n) is 3.36. The van der Waals surface area contributed by atoms with Gasteiger partial charge in [-0.05, 0) is 31.0 Å². The number of amides is 1. The number of carbonyl (C=O) groups is 1. The first-order valence-electron chi connectivity index (χ1n) is 6.48. The molecule has 0 bridgehead atoms. The fraction of sp³-hybridized carbons (Fsp3) is 0.462. The topological polar surface area (TPSA) is 66.5 Å². The van der Waals surface area contributed by atoms with E-state index < -0.39 is 10.0 Å². The van der Waals surface area contributed by atoms with Gasteiger partial charge in [0.1, 0.15) is 0 Å². The second-order valence-corrected chi connectivity index (χ2v) is 7.88. The van der Waals surface area contributed by atoms with Crippen molar-refractivity contribution < 1.29 is 13.2 Å². The molecule has 1 saturated heterocycles. The van der Waals surface area contributed by atoms with Crippen LogP contribution in [0.5, 0.6) is 0 Å². The van der Waals surface area contributed by atoms with Crippen LogP contribution in [0.4, 0.5) is 0 Å². The van der Waals surface area contributed by atoms with E-state index in [9.17, 15) is 13.2 Å². The monoisotopic (exact) mass is 350 g/mol. The lowest BCUT2D eigenvalue weighted by Gasteiger charge is -2.31. The molecule has 0 aromatic heterocycles. The predicted molar refractivity (Wildman–Crippen MR) is 83.4 cm³/mol. The van der Waals surface area contributed by atoms with Crippen molar-refractivity contribution in [1.82, 2.24) is 9.62 Å². The molecule has 1 aromatic carbocycles. The van der Waals surface area contributed by atoms with E-state index in [1.54, 1.807) is 12.1 Å². The van der Waals surface area contributed by atoms with Gasteiger partial charge in [-0.2, -0.15) is 0 Å². The maximum Gasteiger partial charge on any atom is 0.253 e. The maximum absolute atomic E-state index is 12.2. The van der Waals surface area contributed by atoms with Crippen molar-refractivity contribution >= 4 is 39.1 Å². The van der Waals surface area contributed by atoms with Crippen LogP contribution in [0, 0.1) is 0 Å². The van der Waals surface area contributed by atoms with Crippen LogP contribution in [0.2, 0.25) is 10.0 Å². The summed E-state index contributed by atoms with van der Waals surface area (Å²) < 4.78 is 24.5. The Balaban J connectivity index is 2.07. The molecule has 2 rings (SSSR count). The molecule has 0 saturated carbocycles. The van der Waals surface area contributed by atoms with E-state index in [1.165, 1.54) is 16.6 Å². The molecule has 5 nitrogen and oxygen atoms in total. The van der Waals surface area contributed by atoms with Crippen molar-refractivity contribution in [3.8, 4) is 0 Å². The third-order valence-corrected chi connectivity index (χ3v) is 5.20. The Morgan fingerprint density at radius 1 is 1.38 bits per heavy atom. The number of nitrogens with one attached hydrogen (secondary N) is 1. The average Bonchev–Trinajstić information content (AvgIpc) is 2.41. The summed E-state index contributed by atoms with van der Waals surface area (Å²) in [6, 6.07) is 4.43. The first-order chi connectivity index (χ1) is 9.77. The van der Waals surface area contributed by atoms with Crippen LogP contribution in [0.15, 0.2) is 18.2 Å². The molecule has 116 valence electrons. The highest BCUT2D eigenvalue weighted by Gasteiger charge is 2.27. The van der Waals surface area contributed by atoms with Gasteiger partial charge in [0.15, 0.2) is 0 Å². The molecule has 1 aliphatic heterocycles. The van der Waals surface area contributed by atoms with Gasteiger partial charge < -0.3 is 5.32 Å². The first kappa shape index (κ1) is 16.5. The summed E-state index contributed by atoms with van der Waals surface area (Å²) in [5.74, 6) is -0.345. The van der Waals surface area contributed by atoms with E-state index in [1.807, 2.05) is 0 Å². The van der Waals surface area contributed by atoms with Crippen molar-refractivity contribution in [3.05, 3.63) is 33.8 Å². The number of piperidine rings is 1. The standard InChI is InChI=1S/C13H16Cl2N2O3S/c1-21(19,20)17-6-2-3-10(8-17)16-13(18)11-7-9(14)4-5-12(11)15/h4-5,7,10H,2-3,6,8H2,1H3,(H,16,18). The fourth-order valence-corrected chi connectivity index (χ4v) is 3.58. The quantitative estimate of drug-likeness (QED) is 0.907. The van der Waals surface area contributed by atoms with Crippen molar-refractivity contribution in [1.29, 1.82) is 0 Å². The zero-order valence-electron chi connectivity index (χ0n) is 11.5. The van der Waals surface area contributed by atoms with Crippen molar-refractivity contribution in [2.45, 2.75) is 18.9 Å². The Morgan fingerprint density at radius 2 is 2.10 bits per heavy atom. The van der Waals surface area contributed by atoms with E-state index in [4.69, 9.17) is 23.2 Å². The summed E-state index contributed by atoms with van der Waals surface area (Å²) in [6.07, 6.45) is 2.61. The van der Waals surface area contributed by atoms with Gasteiger partial charge >= 0.3 is 0 Å². The number of hydrogen-bond acceptors (Lipinski definition) is 3. The van der Waals surface area contributed by atoms with Gasteiger partial charge in [0, 0.05) is 24.2 Å². The van der Waals surface area contributed by atoms with Gasteiger partial charge in [-0.3, -0.25) is 4.79 Å². The minimum absolute atomic E-state index is 0.226. The van der Waals surface area contributed by atoms with Gasteiger partial charge in [-0.25, -0.2) is 12.7 Å². The van der Waals surface area contributed by atoms with E-state index in [-0.39, 0.29) is 18.5 Å². The summed E-state index contributed by atoms with van der Waals surface area (Å²) in [5, 5.41) is 3.55. The van der Waals surface area contributed by atoms with Crippen LogP contribution in [0.1, 0.15) is 23.2 Å². The molecule has 1 atom stereocenters. The van der Waals surface area contributed by atoms with Crippen molar-refractivity contribution in [2.75, 3.05) is 19.3 Å². The maximum atomic E-state index is 12.2. The smallest absolute Gasteiger partial charge is 0.253 e. The second kappa shape index (κ2) is 6.52. The lowest BCUT2D eigenvalue weighted by atomic mass is 10.1. The molecule has 1 amide bonds. The molecule has 1 aliphatic rings. The van der Waals surface area contributed by atoms with Crippen LogP contribution in [0.25, 0.3) is 0 Å². The third kappa shape index (κ3) is 4.32. The van der Waals surface area contributed by atoms with Crippen LogP contribution in [-0.2, 0) is 10.0 Å². The highest BCUT2D eigenvalue weighted by atomic mass is 35.5. The number of rotatable bonds is 3. The first-order valence-corrected chi connectivity index (χ1v) is 9.09. The van der Waals surface area contributed by atoms with Gasteiger partial charge in [-0.15, -0.1) is 0 Å². The fourth-order valence-electron chi connectivity index (χ4n) is 2.30. The largest absolute Gasteiger partial charge is 0.348 e. The minimum atomic E-state index is -3.24. The molecule has 1 N–H and O–H groups in total. The average molecular weight is 351 g/mol. The lowest BCUT2D eigenvalue weighted by Crippen LogP contribution is -2.49. The van der Waals surface area contributed by atoms with Gasteiger partial charge in [0.05, 0.1) is 16.8 Å². The van der Waals surface area contributed by atoms with E-state index in [0.29, 0.717) is 28.6 Å². The molecule has 0 spiro atoms. The highest BCUT2D eigenvalue weighted by Crippen LogP contribution is 2.21. The molecule has 1 aromatic rings. The van der Waals surface area contributed by atoms with E-state index >= 15 is 0 Å². The number of carbonyl (C=O) groups excluding carboxylic acids is 1. The van der Waals surface area contributed by atoms with Crippen LogP contribution in [0.3, 0.4) is 0 Å². The van der Waals surface area contributed by atoms with E-state index in [2.05, 4.69) is 5.32 Å². The summed E-state index contributed by atoms with van der Waals surface area (Å²) in [7, 11) is -3.24. The Morgan fingerprint density at radius 3 is 2.76 bits per heavy atom. The van der Waals surface area contributed by atoms with Gasteiger partial charge in [-0.1, -0.05) is 23.2 Å². The molecule has 8 heteroatoms. The summed E-state index contributed by atoms with van der Waals surface area (Å²) in [6.45, 7) is 0.770. The summed E-state index contributed by atoms with van der Waals surface area (Å²) in [5.41, 5.74) is 0.292. The molecule has 1 heterocycles. The molecular formula is C13H16Cl2N2O3S. The van der Waals surface area contributed by atoms with Crippen LogP contribution in [-0.4, -0.2) is 44.0 Å². The van der Waals surface area contributed by atoms with Gasteiger partial charge in [0.2, 0.25) is 10.0 Å². The van der Waals surface area contributed by atoms with Crippen molar-refractivity contribution in [3.63, 3.8) is 0 Å². The highest BCUT2D eigenvalue weighted by molar-refractivity contribution is 7.88. The zero-order chi connectivity index (χ0) is 15.6. The number of benzene rings is 1. The van der Waals surface area contributed by atoms with E-state index in [0.717, 1.165) is 6.42 Å². The molecule has 1 unspecified atom stereocenters. The van der Waals surface area contributed by atoms with Crippen LogP contribution >= 0.6 is 23.2 Å². The number of sulfonamides is 1. The Kier molecular flexibility index (Phi) is 5.14. The normalized spacial score (nSPS) is 20.2. The molecule has 21 heavy (non-hydrogen) atoms. The van der Waals surface area contributed by atoms with Gasteiger partial charge in [0.25, 0.3) is 5.91 Å². The second-order valence-electron chi connectivity index (χ2n) is 5.06. The Hall–Kier alpha value is -0.820. The zero-order valence-corrected chi connectivity index (χ0v) is 13.8. The summed E-state index contributed by atoms with van der Waals surface area (Å²) >= 11 is 11.8. The predicted octanol–water partition coefficient (Wildman–Crippen LogP) is 2.15. The summed E-state index contributed by atoms with van der Waals surface area (Å²) in [4.78, 5) is 12.2. The number of halogens is 2. The molecule has 0 aliphatic carbocycles. The number of hydrogen-bond donors (Lipinski definition) is 1. The van der Waals surface area contributed by atoms with Crippen molar-refractivity contribution in [2.24, 2.45) is 0 Å². The number of nitrogens with zero attached hydrogens (tertiary/aromatic N) is 1. The SMILES string of the molecule is CS(=O)(=O)N1CCCC(NC(=O)c2cc(Cl)ccc2Cl)C1. The Bertz CT molecular complexity index is 649.